The summed E-state index contributed by atoms with van der Waals surface area (Å²) in [5.74, 6) is -1.80. The topological polar surface area (TPSA) is 72.5 Å². The Balaban J connectivity index is 3.14. The molecule has 7 heteroatoms. The first-order chi connectivity index (χ1) is 8.83. The zero-order valence-corrected chi connectivity index (χ0v) is 11.8. The standard InChI is InChI=1S/C12H16FNO4S/c1-4-8(2)19(16,17)14-10-7-5-6-9(11(10)13)12(15)18-3/h5-8,14H,4H2,1-3H3. The van der Waals surface area contributed by atoms with E-state index in [4.69, 9.17) is 0 Å². The second-order valence-electron chi connectivity index (χ2n) is 4.02. The van der Waals surface area contributed by atoms with Crippen molar-refractivity contribution in [3.8, 4) is 0 Å². The van der Waals surface area contributed by atoms with Crippen LogP contribution in [-0.4, -0.2) is 26.7 Å². The highest BCUT2D eigenvalue weighted by atomic mass is 32.2. The van der Waals surface area contributed by atoms with Gasteiger partial charge in [-0.25, -0.2) is 17.6 Å². The molecule has 0 bridgehead atoms. The van der Waals surface area contributed by atoms with E-state index in [-0.39, 0.29) is 11.3 Å². The monoisotopic (exact) mass is 289 g/mol. The lowest BCUT2D eigenvalue weighted by Gasteiger charge is -2.14. The van der Waals surface area contributed by atoms with Crippen molar-refractivity contribution in [2.24, 2.45) is 0 Å². The van der Waals surface area contributed by atoms with Gasteiger partial charge in [0.2, 0.25) is 10.0 Å². The van der Waals surface area contributed by atoms with Crippen molar-refractivity contribution >= 4 is 21.7 Å². The molecule has 0 aliphatic carbocycles. The van der Waals surface area contributed by atoms with Crippen molar-refractivity contribution in [3.63, 3.8) is 0 Å². The Morgan fingerprint density at radius 2 is 2.11 bits per heavy atom. The number of sulfonamides is 1. The highest BCUT2D eigenvalue weighted by molar-refractivity contribution is 7.93. The lowest BCUT2D eigenvalue weighted by molar-refractivity contribution is 0.0595. The molecule has 19 heavy (non-hydrogen) atoms. The Morgan fingerprint density at radius 3 is 2.63 bits per heavy atom. The molecule has 106 valence electrons. The second-order valence-corrected chi connectivity index (χ2v) is 6.12. The first-order valence-corrected chi connectivity index (χ1v) is 7.26. The molecule has 0 saturated heterocycles. The minimum absolute atomic E-state index is 0.261. The molecular formula is C12H16FNO4S. The minimum atomic E-state index is -3.68. The van der Waals surface area contributed by atoms with Crippen molar-refractivity contribution in [3.05, 3.63) is 29.6 Å². The number of rotatable bonds is 5. The molecule has 5 nitrogen and oxygen atoms in total. The van der Waals surface area contributed by atoms with Crippen LogP contribution in [0.2, 0.25) is 0 Å². The predicted octanol–water partition coefficient (Wildman–Crippen LogP) is 2.15. The average Bonchev–Trinajstić information content (AvgIpc) is 2.39. The molecule has 0 radical (unpaired) electrons. The number of esters is 1. The molecule has 1 atom stereocenters. The number of benzene rings is 1. The third kappa shape index (κ3) is 3.44. The van der Waals surface area contributed by atoms with Gasteiger partial charge in [-0.05, 0) is 25.5 Å². The van der Waals surface area contributed by atoms with E-state index in [0.717, 1.165) is 7.11 Å². The first-order valence-electron chi connectivity index (χ1n) is 5.72. The Bertz CT molecular complexity index is 571. The van der Waals surface area contributed by atoms with Crippen LogP contribution in [0.3, 0.4) is 0 Å². The van der Waals surface area contributed by atoms with Crippen LogP contribution in [0.25, 0.3) is 0 Å². The molecule has 0 heterocycles. The van der Waals surface area contributed by atoms with E-state index in [9.17, 15) is 17.6 Å². The van der Waals surface area contributed by atoms with E-state index in [0.29, 0.717) is 6.42 Å². The Kier molecular flexibility index (Phi) is 4.88. The normalized spacial score (nSPS) is 12.8. The van der Waals surface area contributed by atoms with Gasteiger partial charge in [0.25, 0.3) is 0 Å². The van der Waals surface area contributed by atoms with E-state index in [1.54, 1.807) is 6.92 Å². The number of carbonyl (C=O) groups excluding carboxylic acids is 1. The van der Waals surface area contributed by atoms with Crippen LogP contribution in [0.4, 0.5) is 10.1 Å². The van der Waals surface area contributed by atoms with E-state index < -0.39 is 27.1 Å². The number of hydrogen-bond donors (Lipinski definition) is 1. The average molecular weight is 289 g/mol. The summed E-state index contributed by atoms with van der Waals surface area (Å²) in [6.07, 6.45) is 0.396. The Hall–Kier alpha value is -1.63. The van der Waals surface area contributed by atoms with Crippen molar-refractivity contribution in [1.82, 2.24) is 0 Å². The molecular weight excluding hydrogens is 273 g/mol. The van der Waals surface area contributed by atoms with Gasteiger partial charge in [0.15, 0.2) is 5.82 Å². The van der Waals surface area contributed by atoms with Gasteiger partial charge >= 0.3 is 5.97 Å². The summed E-state index contributed by atoms with van der Waals surface area (Å²) >= 11 is 0. The second kappa shape index (κ2) is 6.01. The fourth-order valence-electron chi connectivity index (χ4n) is 1.35. The van der Waals surface area contributed by atoms with Gasteiger partial charge in [0.1, 0.15) is 0 Å². The number of carbonyl (C=O) groups is 1. The summed E-state index contributed by atoms with van der Waals surface area (Å²) < 4.78 is 44.2. The van der Waals surface area contributed by atoms with Crippen LogP contribution in [-0.2, 0) is 14.8 Å². The van der Waals surface area contributed by atoms with Crippen LogP contribution < -0.4 is 4.72 Å². The van der Waals surface area contributed by atoms with Crippen LogP contribution in [0.5, 0.6) is 0 Å². The molecule has 0 aliphatic heterocycles. The van der Waals surface area contributed by atoms with Gasteiger partial charge in [0, 0.05) is 0 Å². The van der Waals surface area contributed by atoms with Crippen LogP contribution in [0.1, 0.15) is 30.6 Å². The van der Waals surface area contributed by atoms with Gasteiger partial charge in [-0.2, -0.15) is 0 Å². The molecule has 0 amide bonds. The third-order valence-electron chi connectivity index (χ3n) is 2.76. The largest absolute Gasteiger partial charge is 0.465 e. The van der Waals surface area contributed by atoms with Crippen molar-refractivity contribution < 1.29 is 22.3 Å². The maximum absolute atomic E-state index is 14.0. The predicted molar refractivity (Wildman–Crippen MR) is 70.0 cm³/mol. The molecule has 0 aromatic heterocycles. The van der Waals surface area contributed by atoms with E-state index in [1.807, 2.05) is 0 Å². The molecule has 1 unspecified atom stereocenters. The lowest BCUT2D eigenvalue weighted by atomic mass is 10.2. The fraction of sp³-hybridized carbons (Fsp3) is 0.417. The van der Waals surface area contributed by atoms with Gasteiger partial charge < -0.3 is 4.74 Å². The van der Waals surface area contributed by atoms with Gasteiger partial charge in [-0.15, -0.1) is 0 Å². The van der Waals surface area contributed by atoms with E-state index in [2.05, 4.69) is 9.46 Å². The zero-order valence-electron chi connectivity index (χ0n) is 10.9. The quantitative estimate of drug-likeness (QED) is 0.843. The summed E-state index contributed by atoms with van der Waals surface area (Å²) in [5.41, 5.74) is -0.574. The molecule has 0 spiro atoms. The third-order valence-corrected chi connectivity index (χ3v) is 4.66. The maximum atomic E-state index is 14.0. The summed E-state index contributed by atoms with van der Waals surface area (Å²) in [7, 11) is -2.55. The SMILES string of the molecule is CCC(C)S(=O)(=O)Nc1cccc(C(=O)OC)c1F. The van der Waals surface area contributed by atoms with Gasteiger partial charge in [-0.3, -0.25) is 4.72 Å². The van der Waals surface area contributed by atoms with Crippen molar-refractivity contribution in [2.45, 2.75) is 25.5 Å². The van der Waals surface area contributed by atoms with Gasteiger partial charge in [-0.1, -0.05) is 13.0 Å². The van der Waals surface area contributed by atoms with Gasteiger partial charge in [0.05, 0.1) is 23.6 Å². The fourth-order valence-corrected chi connectivity index (χ4v) is 2.46. The molecule has 1 aromatic carbocycles. The van der Waals surface area contributed by atoms with Crippen molar-refractivity contribution in [2.75, 3.05) is 11.8 Å². The summed E-state index contributed by atoms with van der Waals surface area (Å²) in [6.45, 7) is 3.23. The number of nitrogens with one attached hydrogen (secondary N) is 1. The zero-order chi connectivity index (χ0) is 14.6. The van der Waals surface area contributed by atoms with E-state index >= 15 is 0 Å². The molecule has 0 aliphatic rings. The number of hydrogen-bond acceptors (Lipinski definition) is 4. The van der Waals surface area contributed by atoms with Crippen LogP contribution >= 0.6 is 0 Å². The minimum Gasteiger partial charge on any atom is -0.465 e. The van der Waals surface area contributed by atoms with Crippen LogP contribution in [0.15, 0.2) is 18.2 Å². The molecule has 1 aromatic rings. The molecule has 0 saturated carbocycles. The highest BCUT2D eigenvalue weighted by Gasteiger charge is 2.22. The highest BCUT2D eigenvalue weighted by Crippen LogP contribution is 2.21. The first kappa shape index (κ1) is 15.4. The lowest BCUT2D eigenvalue weighted by Crippen LogP contribution is -2.25. The maximum Gasteiger partial charge on any atom is 0.340 e. The summed E-state index contributed by atoms with van der Waals surface area (Å²) in [5, 5.41) is -0.659. The Labute approximate surface area is 111 Å². The van der Waals surface area contributed by atoms with E-state index in [1.165, 1.54) is 25.1 Å². The molecule has 1 rings (SSSR count). The molecule has 0 fully saturated rings. The summed E-state index contributed by atoms with van der Waals surface area (Å²) in [4.78, 5) is 11.3. The van der Waals surface area contributed by atoms with Crippen molar-refractivity contribution in [1.29, 1.82) is 0 Å². The van der Waals surface area contributed by atoms with Crippen LogP contribution in [0, 0.1) is 5.82 Å². The number of ether oxygens (including phenoxy) is 1. The number of anilines is 1. The number of methoxy groups -OCH3 is 1. The smallest absolute Gasteiger partial charge is 0.340 e. The summed E-state index contributed by atoms with van der Waals surface area (Å²) in [6, 6.07) is 3.85. The number of halogens is 1. The molecule has 1 N–H and O–H groups in total. The Morgan fingerprint density at radius 1 is 1.47 bits per heavy atom.